The first-order chi connectivity index (χ1) is 10.8. The quantitative estimate of drug-likeness (QED) is 0.743. The second-order valence-electron chi connectivity index (χ2n) is 4.20. The van der Waals surface area contributed by atoms with Crippen molar-refractivity contribution in [2.24, 2.45) is 0 Å². The number of amides is 1. The third-order valence-corrected chi connectivity index (χ3v) is 3.70. The minimum absolute atomic E-state index is 0.143. The van der Waals surface area contributed by atoms with E-state index >= 15 is 0 Å². The van der Waals surface area contributed by atoms with Gasteiger partial charge in [0.05, 0.1) is 0 Å². The molecule has 1 amide bonds. The zero-order valence-corrected chi connectivity index (χ0v) is 12.8. The Morgan fingerprint density at radius 3 is 2.77 bits per heavy atom. The molecule has 0 saturated carbocycles. The van der Waals surface area contributed by atoms with Gasteiger partial charge in [-0.25, -0.2) is 15.0 Å². The summed E-state index contributed by atoms with van der Waals surface area (Å²) in [5.74, 6) is 0.303. The first-order valence-corrected chi connectivity index (χ1v) is 7.74. The highest BCUT2D eigenvalue weighted by Crippen LogP contribution is 2.24. The molecule has 3 heterocycles. The van der Waals surface area contributed by atoms with Crippen molar-refractivity contribution in [3.05, 3.63) is 42.0 Å². The Hall–Kier alpha value is -2.38. The number of carbonyl (C=O) groups is 1. The number of halogens is 1. The molecular formula is C14H10ClN5OS. The average Bonchev–Trinajstić information content (AvgIpc) is 3.10. The zero-order valence-electron chi connectivity index (χ0n) is 11.2. The number of rotatable bonds is 4. The van der Waals surface area contributed by atoms with Crippen molar-refractivity contribution < 1.29 is 4.79 Å². The molecule has 0 radical (unpaired) electrons. The van der Waals surface area contributed by atoms with Crippen LogP contribution in [0.15, 0.2) is 42.0 Å². The van der Waals surface area contributed by atoms with Crippen LogP contribution >= 0.6 is 22.9 Å². The third kappa shape index (κ3) is 3.26. The predicted octanol–water partition coefficient (Wildman–Crippen LogP) is 2.84. The highest BCUT2D eigenvalue weighted by molar-refractivity contribution is 7.13. The summed E-state index contributed by atoms with van der Waals surface area (Å²) in [7, 11) is 0. The van der Waals surface area contributed by atoms with Gasteiger partial charge in [0.1, 0.15) is 28.1 Å². The Kier molecular flexibility index (Phi) is 4.36. The summed E-state index contributed by atoms with van der Waals surface area (Å²) in [5, 5.41) is 5.22. The van der Waals surface area contributed by atoms with E-state index in [4.69, 9.17) is 11.6 Å². The fraction of sp³-hybridized carbons (Fsp3) is 0.0714. The van der Waals surface area contributed by atoms with E-state index in [1.54, 1.807) is 24.5 Å². The predicted molar refractivity (Wildman–Crippen MR) is 85.7 cm³/mol. The van der Waals surface area contributed by atoms with Gasteiger partial charge in [0.25, 0.3) is 0 Å². The van der Waals surface area contributed by atoms with Crippen LogP contribution in [0.2, 0.25) is 0 Å². The van der Waals surface area contributed by atoms with Gasteiger partial charge in [-0.3, -0.25) is 9.78 Å². The van der Waals surface area contributed by atoms with Gasteiger partial charge in [-0.05, 0) is 12.1 Å². The molecule has 3 rings (SSSR count). The number of hydrogen-bond donors (Lipinski definition) is 1. The number of aromatic nitrogens is 4. The molecule has 110 valence electrons. The zero-order chi connectivity index (χ0) is 15.4. The average molecular weight is 332 g/mol. The number of pyridine rings is 1. The SMILES string of the molecule is O=C(CCl)Nc1cc(-c2nccs2)nc(-c2ccccn2)n1. The summed E-state index contributed by atoms with van der Waals surface area (Å²) in [6, 6.07) is 7.12. The number of nitrogens with one attached hydrogen (secondary N) is 1. The summed E-state index contributed by atoms with van der Waals surface area (Å²) in [4.78, 5) is 28.7. The number of anilines is 1. The lowest BCUT2D eigenvalue weighted by Gasteiger charge is -2.07. The number of thiazole rings is 1. The van der Waals surface area contributed by atoms with E-state index in [1.807, 2.05) is 17.5 Å². The Morgan fingerprint density at radius 2 is 2.09 bits per heavy atom. The first-order valence-electron chi connectivity index (χ1n) is 6.32. The third-order valence-electron chi connectivity index (χ3n) is 2.66. The molecule has 0 atom stereocenters. The summed E-state index contributed by atoms with van der Waals surface area (Å²) < 4.78 is 0. The standard InChI is InChI=1S/C14H10ClN5OS/c15-8-12(21)19-11-7-10(14-17-5-6-22-14)18-13(20-11)9-3-1-2-4-16-9/h1-7H,8H2,(H,18,19,20,21). The molecule has 3 aromatic heterocycles. The number of alkyl halides is 1. The van der Waals surface area contributed by atoms with E-state index in [2.05, 4.69) is 25.3 Å². The normalized spacial score (nSPS) is 10.4. The Balaban J connectivity index is 2.07. The highest BCUT2D eigenvalue weighted by Gasteiger charge is 2.12. The second kappa shape index (κ2) is 6.59. The van der Waals surface area contributed by atoms with Gasteiger partial charge < -0.3 is 5.32 Å². The van der Waals surface area contributed by atoms with Gasteiger partial charge >= 0.3 is 0 Å². The largest absolute Gasteiger partial charge is 0.310 e. The van der Waals surface area contributed by atoms with E-state index in [1.165, 1.54) is 11.3 Å². The van der Waals surface area contributed by atoms with E-state index in [0.717, 1.165) is 5.01 Å². The maximum Gasteiger partial charge on any atom is 0.240 e. The lowest BCUT2D eigenvalue weighted by atomic mass is 10.3. The molecule has 0 aromatic carbocycles. The van der Waals surface area contributed by atoms with Crippen molar-refractivity contribution in [3.63, 3.8) is 0 Å². The monoisotopic (exact) mass is 331 g/mol. The van der Waals surface area contributed by atoms with Crippen LogP contribution in [0.4, 0.5) is 5.82 Å². The van der Waals surface area contributed by atoms with Crippen LogP contribution in [0.5, 0.6) is 0 Å². The molecule has 3 aromatic rings. The molecule has 0 fully saturated rings. The summed E-state index contributed by atoms with van der Waals surface area (Å²) in [6.07, 6.45) is 3.35. The fourth-order valence-corrected chi connectivity index (χ4v) is 2.42. The van der Waals surface area contributed by atoms with Crippen molar-refractivity contribution >= 4 is 34.7 Å². The van der Waals surface area contributed by atoms with Crippen LogP contribution in [0.1, 0.15) is 0 Å². The van der Waals surface area contributed by atoms with E-state index < -0.39 is 0 Å². The van der Waals surface area contributed by atoms with E-state index in [-0.39, 0.29) is 11.8 Å². The highest BCUT2D eigenvalue weighted by atomic mass is 35.5. The maximum absolute atomic E-state index is 11.5. The van der Waals surface area contributed by atoms with Crippen LogP contribution in [0, 0.1) is 0 Å². The van der Waals surface area contributed by atoms with Gasteiger partial charge in [0.2, 0.25) is 5.91 Å². The van der Waals surface area contributed by atoms with Crippen molar-refractivity contribution in [3.8, 4) is 22.2 Å². The molecule has 6 nitrogen and oxygen atoms in total. The number of carbonyl (C=O) groups excluding carboxylic acids is 1. The van der Waals surface area contributed by atoms with Crippen molar-refractivity contribution in [1.82, 2.24) is 19.9 Å². The number of hydrogen-bond acceptors (Lipinski definition) is 6. The smallest absolute Gasteiger partial charge is 0.240 e. The fourth-order valence-electron chi connectivity index (χ4n) is 1.76. The van der Waals surface area contributed by atoms with Crippen LogP contribution in [0.25, 0.3) is 22.2 Å². The molecule has 0 saturated heterocycles. The topological polar surface area (TPSA) is 80.7 Å². The maximum atomic E-state index is 11.5. The van der Waals surface area contributed by atoms with Gasteiger partial charge in [-0.1, -0.05) is 6.07 Å². The molecule has 0 bridgehead atoms. The lowest BCUT2D eigenvalue weighted by molar-refractivity contribution is -0.113. The first kappa shape index (κ1) is 14.6. The molecule has 8 heteroatoms. The van der Waals surface area contributed by atoms with Crippen LogP contribution in [-0.2, 0) is 4.79 Å². The second-order valence-corrected chi connectivity index (χ2v) is 5.36. The van der Waals surface area contributed by atoms with Crippen LogP contribution < -0.4 is 5.32 Å². The van der Waals surface area contributed by atoms with Crippen molar-refractivity contribution in [2.75, 3.05) is 11.2 Å². The molecule has 0 aliphatic rings. The molecule has 0 aliphatic heterocycles. The van der Waals surface area contributed by atoms with Crippen LogP contribution in [0.3, 0.4) is 0 Å². The molecule has 0 unspecified atom stereocenters. The van der Waals surface area contributed by atoms with E-state index in [0.29, 0.717) is 23.0 Å². The van der Waals surface area contributed by atoms with Gasteiger partial charge in [-0.15, -0.1) is 22.9 Å². The van der Waals surface area contributed by atoms with Gasteiger partial charge in [-0.2, -0.15) is 0 Å². The number of nitrogens with zero attached hydrogens (tertiary/aromatic N) is 4. The van der Waals surface area contributed by atoms with Gasteiger partial charge in [0.15, 0.2) is 5.82 Å². The minimum Gasteiger partial charge on any atom is -0.310 e. The molecular weight excluding hydrogens is 322 g/mol. The summed E-state index contributed by atoms with van der Waals surface area (Å²) >= 11 is 6.97. The minimum atomic E-state index is -0.336. The van der Waals surface area contributed by atoms with Crippen LogP contribution in [-0.4, -0.2) is 31.7 Å². The summed E-state index contributed by atoms with van der Waals surface area (Å²) in [6.45, 7) is 0. The lowest BCUT2D eigenvalue weighted by Crippen LogP contribution is -2.14. The Bertz CT molecular complexity index is 779. The van der Waals surface area contributed by atoms with Gasteiger partial charge in [0, 0.05) is 23.8 Å². The Morgan fingerprint density at radius 1 is 1.18 bits per heavy atom. The molecule has 0 spiro atoms. The molecule has 1 N–H and O–H groups in total. The molecule has 0 aliphatic carbocycles. The van der Waals surface area contributed by atoms with Crippen molar-refractivity contribution in [1.29, 1.82) is 0 Å². The Labute approximate surface area is 135 Å². The molecule has 22 heavy (non-hydrogen) atoms. The van der Waals surface area contributed by atoms with E-state index in [9.17, 15) is 4.79 Å². The van der Waals surface area contributed by atoms with Crippen molar-refractivity contribution in [2.45, 2.75) is 0 Å². The summed E-state index contributed by atoms with van der Waals surface area (Å²) in [5.41, 5.74) is 1.23.